The lowest BCUT2D eigenvalue weighted by atomic mass is 10.0. The highest BCUT2D eigenvalue weighted by Crippen LogP contribution is 2.18. The van der Waals surface area contributed by atoms with Gasteiger partial charge in [-0.15, -0.1) is 0 Å². The summed E-state index contributed by atoms with van der Waals surface area (Å²) in [7, 11) is 0. The van der Waals surface area contributed by atoms with E-state index in [2.05, 4.69) is 19.2 Å². The Kier molecular flexibility index (Phi) is 6.52. The van der Waals surface area contributed by atoms with Crippen LogP contribution in [0.2, 0.25) is 0 Å². The molecule has 1 rings (SSSR count). The highest BCUT2D eigenvalue weighted by molar-refractivity contribution is 5.91. The van der Waals surface area contributed by atoms with Crippen LogP contribution in [0.15, 0.2) is 24.3 Å². The van der Waals surface area contributed by atoms with Gasteiger partial charge in [0.05, 0.1) is 6.61 Å². The molecule has 0 aliphatic heterocycles. The molecular formula is C16H26N2O2. The zero-order chi connectivity index (χ0) is 15.1. The SMILES string of the molecule is CC(C)COc1cccc(NC(=O)CC(N)C(C)C)c1. The number of nitrogens with one attached hydrogen (secondary N) is 1. The van der Waals surface area contributed by atoms with E-state index in [1.165, 1.54) is 0 Å². The first-order valence-electron chi connectivity index (χ1n) is 7.16. The molecule has 1 aromatic carbocycles. The van der Waals surface area contributed by atoms with Crippen molar-refractivity contribution in [2.75, 3.05) is 11.9 Å². The number of hydrogen-bond acceptors (Lipinski definition) is 3. The number of rotatable bonds is 7. The van der Waals surface area contributed by atoms with Gasteiger partial charge in [0, 0.05) is 24.2 Å². The van der Waals surface area contributed by atoms with Crippen LogP contribution in [0.1, 0.15) is 34.1 Å². The summed E-state index contributed by atoms with van der Waals surface area (Å²) in [4.78, 5) is 11.9. The summed E-state index contributed by atoms with van der Waals surface area (Å²) in [6.45, 7) is 8.88. The lowest BCUT2D eigenvalue weighted by molar-refractivity contribution is -0.116. The molecule has 0 radical (unpaired) electrons. The van der Waals surface area contributed by atoms with E-state index < -0.39 is 0 Å². The Balaban J connectivity index is 2.55. The van der Waals surface area contributed by atoms with Gasteiger partial charge in [0.25, 0.3) is 0 Å². The van der Waals surface area contributed by atoms with Crippen LogP contribution in [-0.2, 0) is 4.79 Å². The van der Waals surface area contributed by atoms with Crippen molar-refractivity contribution < 1.29 is 9.53 Å². The van der Waals surface area contributed by atoms with Gasteiger partial charge in [0.2, 0.25) is 5.91 Å². The Labute approximate surface area is 121 Å². The van der Waals surface area contributed by atoms with Crippen LogP contribution in [0.4, 0.5) is 5.69 Å². The van der Waals surface area contributed by atoms with Crippen LogP contribution >= 0.6 is 0 Å². The molecule has 0 saturated carbocycles. The zero-order valence-electron chi connectivity index (χ0n) is 12.8. The monoisotopic (exact) mass is 278 g/mol. The Morgan fingerprint density at radius 1 is 1.30 bits per heavy atom. The van der Waals surface area contributed by atoms with Crippen LogP contribution < -0.4 is 15.8 Å². The molecule has 0 aliphatic carbocycles. The van der Waals surface area contributed by atoms with Crippen LogP contribution in [0, 0.1) is 11.8 Å². The van der Waals surface area contributed by atoms with Gasteiger partial charge in [-0.1, -0.05) is 33.8 Å². The van der Waals surface area contributed by atoms with Crippen molar-refractivity contribution >= 4 is 11.6 Å². The smallest absolute Gasteiger partial charge is 0.225 e. The minimum atomic E-state index is -0.115. The molecule has 1 atom stereocenters. The third-order valence-corrected chi connectivity index (χ3v) is 2.98. The molecule has 0 heterocycles. The lowest BCUT2D eigenvalue weighted by Crippen LogP contribution is -2.31. The average Bonchev–Trinajstić information content (AvgIpc) is 2.36. The molecule has 1 unspecified atom stereocenters. The van der Waals surface area contributed by atoms with Crippen molar-refractivity contribution in [1.29, 1.82) is 0 Å². The summed E-state index contributed by atoms with van der Waals surface area (Å²) in [5, 5.41) is 2.86. The van der Waals surface area contributed by atoms with E-state index in [-0.39, 0.29) is 11.9 Å². The first-order valence-corrected chi connectivity index (χ1v) is 7.16. The van der Waals surface area contributed by atoms with Crippen molar-refractivity contribution in [3.8, 4) is 5.75 Å². The Morgan fingerprint density at radius 3 is 2.60 bits per heavy atom. The fourth-order valence-corrected chi connectivity index (χ4v) is 1.59. The molecule has 4 heteroatoms. The molecule has 4 nitrogen and oxygen atoms in total. The number of hydrogen-bond donors (Lipinski definition) is 2. The Morgan fingerprint density at radius 2 is 2.00 bits per heavy atom. The maximum Gasteiger partial charge on any atom is 0.225 e. The summed E-state index contributed by atoms with van der Waals surface area (Å²) >= 11 is 0. The van der Waals surface area contributed by atoms with Gasteiger partial charge in [-0.05, 0) is 24.0 Å². The summed E-state index contributed by atoms with van der Waals surface area (Å²) in [5.74, 6) is 1.47. The average molecular weight is 278 g/mol. The summed E-state index contributed by atoms with van der Waals surface area (Å²) in [6, 6.07) is 7.32. The van der Waals surface area contributed by atoms with Gasteiger partial charge in [-0.25, -0.2) is 0 Å². The minimum Gasteiger partial charge on any atom is -0.493 e. The normalized spacial score (nSPS) is 12.6. The van der Waals surface area contributed by atoms with Crippen molar-refractivity contribution in [1.82, 2.24) is 0 Å². The second kappa shape index (κ2) is 7.90. The summed E-state index contributed by atoms with van der Waals surface area (Å²) < 4.78 is 5.63. The quantitative estimate of drug-likeness (QED) is 0.805. The standard InChI is InChI=1S/C16H26N2O2/c1-11(2)10-20-14-7-5-6-13(8-14)18-16(19)9-15(17)12(3)4/h5-8,11-12,15H,9-10,17H2,1-4H3,(H,18,19). The topological polar surface area (TPSA) is 64.3 Å². The third kappa shape index (κ3) is 6.06. The third-order valence-electron chi connectivity index (χ3n) is 2.98. The van der Waals surface area contributed by atoms with E-state index in [0.29, 0.717) is 24.9 Å². The largest absolute Gasteiger partial charge is 0.493 e. The molecule has 0 spiro atoms. The Hall–Kier alpha value is -1.55. The van der Waals surface area contributed by atoms with E-state index in [0.717, 1.165) is 11.4 Å². The van der Waals surface area contributed by atoms with Crippen LogP contribution in [0.3, 0.4) is 0 Å². The lowest BCUT2D eigenvalue weighted by Gasteiger charge is -2.15. The highest BCUT2D eigenvalue weighted by Gasteiger charge is 2.13. The number of carbonyl (C=O) groups excluding carboxylic acids is 1. The molecule has 1 amide bonds. The van der Waals surface area contributed by atoms with E-state index in [1.807, 2.05) is 38.1 Å². The van der Waals surface area contributed by atoms with Gasteiger partial charge in [-0.3, -0.25) is 4.79 Å². The second-order valence-electron chi connectivity index (χ2n) is 5.89. The van der Waals surface area contributed by atoms with Crippen LogP contribution in [0.5, 0.6) is 5.75 Å². The number of ether oxygens (including phenoxy) is 1. The first-order chi connectivity index (χ1) is 9.38. The van der Waals surface area contributed by atoms with Gasteiger partial charge in [0.15, 0.2) is 0 Å². The van der Waals surface area contributed by atoms with E-state index in [1.54, 1.807) is 0 Å². The number of anilines is 1. The molecule has 0 saturated heterocycles. The highest BCUT2D eigenvalue weighted by atomic mass is 16.5. The molecule has 112 valence electrons. The molecule has 1 aromatic rings. The van der Waals surface area contributed by atoms with E-state index in [9.17, 15) is 4.79 Å². The van der Waals surface area contributed by atoms with Crippen molar-refractivity contribution in [3.63, 3.8) is 0 Å². The maximum absolute atomic E-state index is 11.9. The second-order valence-corrected chi connectivity index (χ2v) is 5.89. The maximum atomic E-state index is 11.9. The van der Waals surface area contributed by atoms with E-state index in [4.69, 9.17) is 10.5 Å². The van der Waals surface area contributed by atoms with Crippen LogP contribution in [-0.4, -0.2) is 18.6 Å². The summed E-state index contributed by atoms with van der Waals surface area (Å²) in [6.07, 6.45) is 0.328. The fraction of sp³-hybridized carbons (Fsp3) is 0.562. The molecule has 0 aliphatic rings. The number of benzene rings is 1. The van der Waals surface area contributed by atoms with E-state index >= 15 is 0 Å². The van der Waals surface area contributed by atoms with Crippen molar-refractivity contribution in [2.24, 2.45) is 17.6 Å². The molecule has 0 aromatic heterocycles. The van der Waals surface area contributed by atoms with Crippen molar-refractivity contribution in [2.45, 2.75) is 40.2 Å². The molecule has 3 N–H and O–H groups in total. The fourth-order valence-electron chi connectivity index (χ4n) is 1.59. The Bertz CT molecular complexity index is 430. The molecule has 20 heavy (non-hydrogen) atoms. The molecule has 0 fully saturated rings. The van der Waals surface area contributed by atoms with Gasteiger partial charge in [-0.2, -0.15) is 0 Å². The van der Waals surface area contributed by atoms with Gasteiger partial charge in [0.1, 0.15) is 5.75 Å². The van der Waals surface area contributed by atoms with Gasteiger partial charge >= 0.3 is 0 Å². The van der Waals surface area contributed by atoms with Gasteiger partial charge < -0.3 is 15.8 Å². The number of amides is 1. The zero-order valence-corrected chi connectivity index (χ0v) is 12.8. The van der Waals surface area contributed by atoms with Crippen LogP contribution in [0.25, 0.3) is 0 Å². The predicted octanol–water partition coefficient (Wildman–Crippen LogP) is 3.03. The minimum absolute atomic E-state index is 0.0628. The number of carbonyl (C=O) groups is 1. The first kappa shape index (κ1) is 16.5. The molecular weight excluding hydrogens is 252 g/mol. The van der Waals surface area contributed by atoms with Crippen molar-refractivity contribution in [3.05, 3.63) is 24.3 Å². The predicted molar refractivity (Wildman–Crippen MR) is 82.8 cm³/mol. The molecule has 0 bridgehead atoms. The number of nitrogens with two attached hydrogens (primary N) is 1. The summed E-state index contributed by atoms with van der Waals surface area (Å²) in [5.41, 5.74) is 6.64.